The van der Waals surface area contributed by atoms with E-state index in [9.17, 15) is 19.2 Å². The van der Waals surface area contributed by atoms with Gasteiger partial charge in [0, 0.05) is 5.57 Å². The van der Waals surface area contributed by atoms with Gasteiger partial charge in [0.25, 0.3) is 0 Å². The average molecular weight is 227 g/mol. The number of aromatic amines is 2. The van der Waals surface area contributed by atoms with Crippen LogP contribution in [0, 0.1) is 0 Å². The minimum atomic E-state index is -0.955. The molecule has 0 amide bonds. The second-order valence-corrected chi connectivity index (χ2v) is 2.96. The van der Waals surface area contributed by atoms with Gasteiger partial charge < -0.3 is 4.74 Å². The highest BCUT2D eigenvalue weighted by atomic mass is 16.5. The van der Waals surface area contributed by atoms with Crippen LogP contribution in [0.4, 0.5) is 0 Å². The topological polar surface area (TPSA) is 114 Å². The largest absolute Gasteiger partial charge is 0.440 e. The fourth-order valence-electron chi connectivity index (χ4n) is 0.816. The molecule has 0 fully saturated rings. The molecule has 1 heterocycles. The zero-order chi connectivity index (χ0) is 12.3. The Morgan fingerprint density at radius 3 is 2.25 bits per heavy atom. The van der Waals surface area contributed by atoms with Crippen LogP contribution >= 0.6 is 0 Å². The highest BCUT2D eigenvalue weighted by molar-refractivity contribution is 5.86. The summed E-state index contributed by atoms with van der Waals surface area (Å²) in [6, 6.07) is 0. The van der Waals surface area contributed by atoms with Gasteiger partial charge in [-0.1, -0.05) is 6.58 Å². The molecular weight excluding hydrogens is 218 g/mol. The minimum absolute atomic E-state index is 0.133. The number of carbonyl (C=O) groups excluding carboxylic acids is 1. The molecule has 0 radical (unpaired) electrons. The maximum Gasteiger partial charge on any atom is 0.336 e. The zero-order valence-corrected chi connectivity index (χ0v) is 8.40. The fraction of sp³-hybridized carbons (Fsp3) is 0.250. The molecule has 0 unspecified atom stereocenters. The smallest absolute Gasteiger partial charge is 0.336 e. The Morgan fingerprint density at radius 2 is 1.81 bits per heavy atom. The third-order valence-electron chi connectivity index (χ3n) is 1.60. The van der Waals surface area contributed by atoms with Crippen LogP contribution in [0.15, 0.2) is 26.5 Å². The lowest BCUT2D eigenvalue weighted by atomic mass is 10.4. The fourth-order valence-corrected chi connectivity index (χ4v) is 0.816. The quantitative estimate of drug-likeness (QED) is 0.472. The number of hydrogen-bond acceptors (Lipinski definition) is 5. The van der Waals surface area contributed by atoms with Gasteiger partial charge in [0.15, 0.2) is 6.73 Å². The second-order valence-electron chi connectivity index (χ2n) is 2.96. The van der Waals surface area contributed by atoms with E-state index >= 15 is 0 Å². The molecule has 0 saturated carbocycles. The van der Waals surface area contributed by atoms with Crippen molar-refractivity contribution >= 4 is 5.97 Å². The van der Waals surface area contributed by atoms with Gasteiger partial charge in [0.05, 0.1) is 0 Å². The van der Waals surface area contributed by atoms with Crippen molar-refractivity contribution in [1.29, 1.82) is 0 Å². The molecule has 8 nitrogen and oxygen atoms in total. The molecule has 1 aromatic heterocycles. The lowest BCUT2D eigenvalue weighted by molar-refractivity contribution is -0.142. The standard InChI is InChI=1S/C8H9N3O5/c1-4(2)5(12)16-3-11-7(14)9-6(13)10-8(11)15/h1,3H2,2H3,(H2,9,10,13,14,15). The lowest BCUT2D eigenvalue weighted by Crippen LogP contribution is -2.43. The predicted molar refractivity (Wildman–Crippen MR) is 52.8 cm³/mol. The van der Waals surface area contributed by atoms with Crippen molar-refractivity contribution < 1.29 is 9.53 Å². The summed E-state index contributed by atoms with van der Waals surface area (Å²) < 4.78 is 5.10. The van der Waals surface area contributed by atoms with E-state index in [-0.39, 0.29) is 5.57 Å². The summed E-state index contributed by atoms with van der Waals surface area (Å²) in [4.78, 5) is 47.5. The first-order valence-electron chi connectivity index (χ1n) is 4.18. The third kappa shape index (κ3) is 2.56. The normalized spacial score (nSPS) is 9.81. The Kier molecular flexibility index (Phi) is 3.24. The number of H-pyrrole nitrogens is 2. The molecule has 86 valence electrons. The van der Waals surface area contributed by atoms with Crippen LogP contribution in [0.25, 0.3) is 0 Å². The van der Waals surface area contributed by atoms with Gasteiger partial charge >= 0.3 is 23.0 Å². The Morgan fingerprint density at radius 1 is 1.31 bits per heavy atom. The summed E-state index contributed by atoms with van der Waals surface area (Å²) >= 11 is 0. The monoisotopic (exact) mass is 227 g/mol. The Balaban J connectivity index is 2.96. The summed E-state index contributed by atoms with van der Waals surface area (Å²) in [5.41, 5.74) is -2.70. The molecule has 16 heavy (non-hydrogen) atoms. The Labute approximate surface area is 88.2 Å². The number of carbonyl (C=O) groups is 1. The molecule has 0 spiro atoms. The van der Waals surface area contributed by atoms with Crippen LogP contribution in [-0.2, 0) is 16.3 Å². The number of rotatable bonds is 3. The number of ether oxygens (including phenoxy) is 1. The minimum Gasteiger partial charge on any atom is -0.440 e. The maximum absolute atomic E-state index is 11.1. The Hall–Kier alpha value is -2.38. The van der Waals surface area contributed by atoms with Gasteiger partial charge in [0.1, 0.15) is 0 Å². The average Bonchev–Trinajstić information content (AvgIpc) is 2.15. The van der Waals surface area contributed by atoms with Crippen LogP contribution in [0.3, 0.4) is 0 Å². The van der Waals surface area contributed by atoms with E-state index in [1.165, 1.54) is 6.92 Å². The highest BCUT2D eigenvalue weighted by Crippen LogP contribution is 1.91. The molecule has 1 aromatic rings. The highest BCUT2D eigenvalue weighted by Gasteiger charge is 2.07. The van der Waals surface area contributed by atoms with Gasteiger partial charge in [-0.25, -0.2) is 23.7 Å². The van der Waals surface area contributed by atoms with E-state index in [2.05, 4.69) is 11.3 Å². The number of nitrogens with zero attached hydrogens (tertiary/aromatic N) is 1. The maximum atomic E-state index is 11.1. The van der Waals surface area contributed by atoms with Crippen LogP contribution in [-0.4, -0.2) is 20.5 Å². The molecule has 0 aromatic carbocycles. The summed E-state index contributed by atoms with van der Waals surface area (Å²) in [5.74, 6) is -0.738. The van der Waals surface area contributed by atoms with Crippen molar-refractivity contribution in [2.75, 3.05) is 0 Å². The van der Waals surface area contributed by atoms with E-state index in [0.717, 1.165) is 0 Å². The molecule has 0 aliphatic carbocycles. The molecule has 0 saturated heterocycles. The van der Waals surface area contributed by atoms with E-state index in [1.54, 1.807) is 0 Å². The van der Waals surface area contributed by atoms with Crippen molar-refractivity contribution in [2.45, 2.75) is 13.7 Å². The summed E-state index contributed by atoms with van der Waals surface area (Å²) in [6.45, 7) is 4.15. The number of aromatic nitrogens is 3. The molecule has 2 N–H and O–H groups in total. The van der Waals surface area contributed by atoms with Crippen LogP contribution in [0.1, 0.15) is 6.92 Å². The molecule has 0 aliphatic rings. The van der Waals surface area contributed by atoms with Gasteiger partial charge in [-0.2, -0.15) is 0 Å². The van der Waals surface area contributed by atoms with Gasteiger partial charge in [-0.3, -0.25) is 9.97 Å². The summed E-state index contributed by atoms with van der Waals surface area (Å²) in [5, 5.41) is 0. The van der Waals surface area contributed by atoms with Gasteiger partial charge in [-0.05, 0) is 6.92 Å². The zero-order valence-electron chi connectivity index (χ0n) is 8.40. The number of esters is 1. The molecule has 1 rings (SSSR count). The van der Waals surface area contributed by atoms with Crippen LogP contribution in [0.5, 0.6) is 0 Å². The van der Waals surface area contributed by atoms with Crippen LogP contribution < -0.4 is 17.1 Å². The molecule has 0 atom stereocenters. The number of hydrogen-bond donors (Lipinski definition) is 2. The lowest BCUT2D eigenvalue weighted by Gasteiger charge is -2.04. The number of nitrogens with one attached hydrogen (secondary N) is 2. The molecule has 0 bridgehead atoms. The van der Waals surface area contributed by atoms with E-state index in [1.807, 2.05) is 9.97 Å². The van der Waals surface area contributed by atoms with Crippen molar-refractivity contribution in [2.24, 2.45) is 0 Å². The third-order valence-corrected chi connectivity index (χ3v) is 1.60. The predicted octanol–water partition coefficient (Wildman–Crippen LogP) is -1.70. The van der Waals surface area contributed by atoms with E-state index in [0.29, 0.717) is 4.57 Å². The molecular formula is C8H9N3O5. The van der Waals surface area contributed by atoms with Crippen molar-refractivity contribution in [3.05, 3.63) is 43.6 Å². The summed E-state index contributed by atoms with van der Waals surface area (Å²) in [6.07, 6.45) is 0. The van der Waals surface area contributed by atoms with E-state index < -0.39 is 29.8 Å². The van der Waals surface area contributed by atoms with Crippen molar-refractivity contribution in [1.82, 2.24) is 14.5 Å². The Bertz CT molecular complexity index is 556. The van der Waals surface area contributed by atoms with Gasteiger partial charge in [-0.15, -0.1) is 0 Å². The van der Waals surface area contributed by atoms with Crippen LogP contribution in [0.2, 0.25) is 0 Å². The van der Waals surface area contributed by atoms with Crippen molar-refractivity contribution in [3.8, 4) is 0 Å². The first-order valence-corrected chi connectivity index (χ1v) is 4.18. The summed E-state index contributed by atoms with van der Waals surface area (Å²) in [7, 11) is 0. The molecule has 0 aliphatic heterocycles. The first-order chi connectivity index (χ1) is 7.41. The molecule has 8 heteroatoms. The van der Waals surface area contributed by atoms with Gasteiger partial charge in [0.2, 0.25) is 0 Å². The van der Waals surface area contributed by atoms with E-state index in [4.69, 9.17) is 0 Å². The SMILES string of the molecule is C=C(C)C(=O)OCn1c(=O)[nH]c(=O)[nH]c1=O. The second kappa shape index (κ2) is 4.43. The first kappa shape index (κ1) is 11.7. The van der Waals surface area contributed by atoms with Crippen molar-refractivity contribution in [3.63, 3.8) is 0 Å².